The zero-order chi connectivity index (χ0) is 13.2. The molecular formula is C16H13BrO2. The summed E-state index contributed by atoms with van der Waals surface area (Å²) in [5, 5.41) is 12.7. The fourth-order valence-corrected chi connectivity index (χ4v) is 2.84. The monoisotopic (exact) mass is 316 g/mol. The minimum Gasteiger partial charge on any atom is -0.457 e. The number of halogens is 1. The molecule has 3 heteroatoms. The molecule has 2 nitrogen and oxygen atoms in total. The minimum absolute atomic E-state index is 0.569. The van der Waals surface area contributed by atoms with Crippen LogP contribution in [-0.4, -0.2) is 5.11 Å². The standard InChI is InChI=1S/C16H13BrO2/c17-16-14(8-9-19-16)15(18)10-12-6-3-5-11-4-1-2-7-13(11)12/h1-9,15,18H,10H2. The number of hydrogen-bond acceptors (Lipinski definition) is 2. The predicted octanol–water partition coefficient (Wildman–Crippen LogP) is 4.47. The van der Waals surface area contributed by atoms with E-state index in [-0.39, 0.29) is 0 Å². The van der Waals surface area contributed by atoms with Gasteiger partial charge in [0.05, 0.1) is 12.4 Å². The molecule has 0 saturated carbocycles. The van der Waals surface area contributed by atoms with Crippen molar-refractivity contribution in [2.45, 2.75) is 12.5 Å². The van der Waals surface area contributed by atoms with Gasteiger partial charge in [0.1, 0.15) is 0 Å². The lowest BCUT2D eigenvalue weighted by atomic mass is 9.98. The highest BCUT2D eigenvalue weighted by atomic mass is 79.9. The Morgan fingerprint density at radius 1 is 1.05 bits per heavy atom. The summed E-state index contributed by atoms with van der Waals surface area (Å²) in [5.74, 6) is 0. The molecule has 0 bridgehead atoms. The molecule has 0 fully saturated rings. The van der Waals surface area contributed by atoms with Crippen molar-refractivity contribution < 1.29 is 9.52 Å². The molecule has 3 aromatic rings. The Labute approximate surface area is 119 Å². The third-order valence-corrected chi connectivity index (χ3v) is 3.94. The fraction of sp³-hybridized carbons (Fsp3) is 0.125. The molecule has 1 atom stereocenters. The molecule has 2 aromatic carbocycles. The summed E-state index contributed by atoms with van der Waals surface area (Å²) in [6.07, 6.45) is 1.57. The van der Waals surface area contributed by atoms with Crippen LogP contribution in [0.25, 0.3) is 10.8 Å². The van der Waals surface area contributed by atoms with E-state index in [1.54, 1.807) is 12.3 Å². The minimum atomic E-state index is -0.570. The molecule has 0 amide bonds. The Kier molecular flexibility index (Phi) is 3.40. The van der Waals surface area contributed by atoms with Gasteiger partial charge < -0.3 is 9.52 Å². The molecule has 3 rings (SSSR count). The van der Waals surface area contributed by atoms with Gasteiger partial charge in [-0.25, -0.2) is 0 Å². The number of aliphatic hydroxyl groups is 1. The Hall–Kier alpha value is -1.58. The van der Waals surface area contributed by atoms with Gasteiger partial charge in [0.2, 0.25) is 0 Å². The van der Waals surface area contributed by atoms with Crippen molar-refractivity contribution in [2.24, 2.45) is 0 Å². The molecule has 0 aliphatic heterocycles. The Balaban J connectivity index is 1.96. The van der Waals surface area contributed by atoms with Crippen molar-refractivity contribution >= 4 is 26.7 Å². The Bertz CT molecular complexity index is 697. The normalized spacial score (nSPS) is 12.7. The van der Waals surface area contributed by atoms with Gasteiger partial charge in [-0.1, -0.05) is 42.5 Å². The van der Waals surface area contributed by atoms with Crippen LogP contribution in [0.15, 0.2) is 63.9 Å². The van der Waals surface area contributed by atoms with Crippen molar-refractivity contribution in [3.63, 3.8) is 0 Å². The number of aliphatic hydroxyl groups excluding tert-OH is 1. The number of furan rings is 1. The summed E-state index contributed by atoms with van der Waals surface area (Å²) in [4.78, 5) is 0. The first-order chi connectivity index (χ1) is 9.25. The van der Waals surface area contributed by atoms with E-state index < -0.39 is 6.10 Å². The molecule has 1 unspecified atom stereocenters. The van der Waals surface area contributed by atoms with Gasteiger partial charge >= 0.3 is 0 Å². The summed E-state index contributed by atoms with van der Waals surface area (Å²) in [5.41, 5.74) is 1.92. The van der Waals surface area contributed by atoms with E-state index in [9.17, 15) is 5.11 Å². The van der Waals surface area contributed by atoms with E-state index in [1.807, 2.05) is 18.2 Å². The highest BCUT2D eigenvalue weighted by molar-refractivity contribution is 9.10. The van der Waals surface area contributed by atoms with Crippen LogP contribution in [-0.2, 0) is 6.42 Å². The Morgan fingerprint density at radius 2 is 1.84 bits per heavy atom. The first-order valence-corrected chi connectivity index (χ1v) is 6.92. The lowest BCUT2D eigenvalue weighted by molar-refractivity contribution is 0.176. The molecule has 0 radical (unpaired) electrons. The predicted molar refractivity (Wildman–Crippen MR) is 79.0 cm³/mol. The zero-order valence-corrected chi connectivity index (χ0v) is 11.8. The van der Waals surface area contributed by atoms with E-state index in [0.717, 1.165) is 11.1 Å². The topological polar surface area (TPSA) is 33.4 Å². The largest absolute Gasteiger partial charge is 0.457 e. The molecule has 0 aliphatic rings. The van der Waals surface area contributed by atoms with E-state index in [2.05, 4.69) is 40.2 Å². The van der Waals surface area contributed by atoms with Crippen LogP contribution in [0.1, 0.15) is 17.2 Å². The summed E-state index contributed by atoms with van der Waals surface area (Å²) in [7, 11) is 0. The van der Waals surface area contributed by atoms with Crippen LogP contribution in [0.2, 0.25) is 0 Å². The van der Waals surface area contributed by atoms with E-state index in [0.29, 0.717) is 11.1 Å². The van der Waals surface area contributed by atoms with E-state index in [1.165, 1.54) is 10.8 Å². The van der Waals surface area contributed by atoms with Crippen LogP contribution < -0.4 is 0 Å². The lowest BCUT2D eigenvalue weighted by Crippen LogP contribution is -2.01. The van der Waals surface area contributed by atoms with Crippen LogP contribution in [0.5, 0.6) is 0 Å². The number of benzene rings is 2. The third-order valence-electron chi connectivity index (χ3n) is 3.30. The van der Waals surface area contributed by atoms with Crippen molar-refractivity contribution in [3.8, 4) is 0 Å². The highest BCUT2D eigenvalue weighted by Gasteiger charge is 2.15. The molecule has 0 saturated heterocycles. The molecule has 1 aromatic heterocycles. The molecule has 19 heavy (non-hydrogen) atoms. The average molecular weight is 317 g/mol. The lowest BCUT2D eigenvalue weighted by Gasteiger charge is -2.11. The van der Waals surface area contributed by atoms with Crippen LogP contribution in [0.4, 0.5) is 0 Å². The number of fused-ring (bicyclic) bond motifs is 1. The van der Waals surface area contributed by atoms with Crippen molar-refractivity contribution in [3.05, 3.63) is 70.6 Å². The van der Waals surface area contributed by atoms with E-state index in [4.69, 9.17) is 4.42 Å². The van der Waals surface area contributed by atoms with Crippen LogP contribution in [0.3, 0.4) is 0 Å². The van der Waals surface area contributed by atoms with Gasteiger partial charge in [0, 0.05) is 12.0 Å². The Morgan fingerprint density at radius 3 is 2.63 bits per heavy atom. The maximum Gasteiger partial charge on any atom is 0.174 e. The summed E-state index contributed by atoms with van der Waals surface area (Å²) < 4.78 is 5.76. The maximum atomic E-state index is 10.3. The average Bonchev–Trinajstić information content (AvgIpc) is 2.85. The maximum absolute atomic E-state index is 10.3. The third kappa shape index (κ3) is 2.44. The summed E-state index contributed by atoms with van der Waals surface area (Å²) in [6, 6.07) is 16.2. The molecular weight excluding hydrogens is 304 g/mol. The first kappa shape index (κ1) is 12.5. The van der Waals surface area contributed by atoms with Crippen LogP contribution >= 0.6 is 15.9 Å². The molecule has 1 heterocycles. The SMILES string of the molecule is OC(Cc1cccc2ccccc12)c1ccoc1Br. The molecule has 0 aliphatic carbocycles. The second kappa shape index (κ2) is 5.19. The smallest absolute Gasteiger partial charge is 0.174 e. The number of hydrogen-bond donors (Lipinski definition) is 1. The van der Waals surface area contributed by atoms with Crippen molar-refractivity contribution in [1.82, 2.24) is 0 Å². The first-order valence-electron chi connectivity index (χ1n) is 6.13. The van der Waals surface area contributed by atoms with Gasteiger partial charge in [-0.3, -0.25) is 0 Å². The molecule has 1 N–H and O–H groups in total. The van der Waals surface area contributed by atoms with Crippen LogP contribution in [0, 0.1) is 0 Å². The quantitative estimate of drug-likeness (QED) is 0.773. The molecule has 96 valence electrons. The second-order valence-corrected chi connectivity index (χ2v) is 5.23. The number of rotatable bonds is 3. The summed E-state index contributed by atoms with van der Waals surface area (Å²) >= 11 is 3.30. The fourth-order valence-electron chi connectivity index (χ4n) is 2.33. The zero-order valence-electron chi connectivity index (χ0n) is 10.2. The second-order valence-electron chi connectivity index (χ2n) is 4.51. The van der Waals surface area contributed by atoms with Crippen molar-refractivity contribution in [1.29, 1.82) is 0 Å². The van der Waals surface area contributed by atoms with Gasteiger partial charge in [-0.05, 0) is 38.3 Å². The highest BCUT2D eigenvalue weighted by Crippen LogP contribution is 2.29. The van der Waals surface area contributed by atoms with Gasteiger partial charge in [-0.15, -0.1) is 0 Å². The van der Waals surface area contributed by atoms with Gasteiger partial charge in [-0.2, -0.15) is 0 Å². The van der Waals surface area contributed by atoms with Gasteiger partial charge in [0.25, 0.3) is 0 Å². The summed E-state index contributed by atoms with van der Waals surface area (Å²) in [6.45, 7) is 0. The molecule has 0 spiro atoms. The van der Waals surface area contributed by atoms with Crippen molar-refractivity contribution in [2.75, 3.05) is 0 Å². The van der Waals surface area contributed by atoms with E-state index >= 15 is 0 Å². The van der Waals surface area contributed by atoms with Gasteiger partial charge in [0.15, 0.2) is 4.67 Å².